The van der Waals surface area contributed by atoms with Crippen LogP contribution in [0.25, 0.3) is 11.0 Å². The Labute approximate surface area is 180 Å². The van der Waals surface area contributed by atoms with Gasteiger partial charge in [-0.3, -0.25) is 0 Å². The fourth-order valence-corrected chi connectivity index (χ4v) is 5.10. The Bertz CT molecular complexity index is 1310. The first kappa shape index (κ1) is 21.4. The van der Waals surface area contributed by atoms with Crippen molar-refractivity contribution in [2.45, 2.75) is 16.6 Å². The minimum atomic E-state index is -4.23. The summed E-state index contributed by atoms with van der Waals surface area (Å²) in [4.78, 5) is -0.251. The van der Waals surface area contributed by atoms with Gasteiger partial charge in [0.05, 0.1) is 23.7 Å². The quantitative estimate of drug-likeness (QED) is 0.560. The maximum atomic E-state index is 13.9. The smallest absolute Gasteiger partial charge is 0.245 e. The van der Waals surface area contributed by atoms with Gasteiger partial charge < -0.3 is 14.9 Å². The molecule has 1 aliphatic rings. The third-order valence-electron chi connectivity index (χ3n) is 4.98. The lowest BCUT2D eigenvalue weighted by Crippen LogP contribution is -2.48. The first-order chi connectivity index (χ1) is 14.7. The van der Waals surface area contributed by atoms with Crippen LogP contribution >= 0.6 is 11.6 Å². The van der Waals surface area contributed by atoms with E-state index in [1.54, 1.807) is 6.07 Å². The fraction of sp³-hybridized carbons (Fsp3) is 0.278. The number of sulfonamides is 1. The van der Waals surface area contributed by atoms with Crippen molar-refractivity contribution in [2.24, 2.45) is 0 Å². The fourth-order valence-electron chi connectivity index (χ4n) is 3.29. The molecule has 3 aromatic rings. The Morgan fingerprint density at radius 2 is 2.10 bits per heavy atom. The number of β-amino-alcohol motifs (C(OH)–C–C–N with tert-alkyl or cyclic N) is 1. The van der Waals surface area contributed by atoms with E-state index in [1.165, 1.54) is 24.3 Å². The van der Waals surface area contributed by atoms with E-state index < -0.39 is 40.7 Å². The number of fused-ring (bicyclic) bond motifs is 1. The molecule has 1 fully saturated rings. The second-order valence-electron chi connectivity index (χ2n) is 6.93. The van der Waals surface area contributed by atoms with E-state index in [1.807, 2.05) is 0 Å². The van der Waals surface area contributed by atoms with E-state index in [-0.39, 0.29) is 38.8 Å². The van der Waals surface area contributed by atoms with Crippen molar-refractivity contribution in [3.05, 3.63) is 46.7 Å². The largest absolute Gasteiger partial charge is 0.486 e. The third-order valence-corrected chi connectivity index (χ3v) is 7.13. The highest BCUT2D eigenvalue weighted by Crippen LogP contribution is 2.34. The van der Waals surface area contributed by atoms with E-state index in [9.17, 15) is 23.0 Å². The summed E-state index contributed by atoms with van der Waals surface area (Å²) in [5, 5.41) is 36.7. The number of hydrogen-bond acceptors (Lipinski definition) is 9. The number of halogens is 2. The molecule has 2 heterocycles. The van der Waals surface area contributed by atoms with Crippen LogP contribution in [0.15, 0.2) is 39.9 Å². The molecule has 31 heavy (non-hydrogen) atoms. The zero-order valence-corrected chi connectivity index (χ0v) is 17.1. The lowest BCUT2D eigenvalue weighted by Gasteiger charge is -2.27. The molecule has 1 aliphatic heterocycles. The highest BCUT2D eigenvalue weighted by molar-refractivity contribution is 7.89. The average Bonchev–Trinajstić information content (AvgIpc) is 3.35. The van der Waals surface area contributed by atoms with Crippen LogP contribution in [0.1, 0.15) is 5.56 Å². The molecule has 0 amide bonds. The summed E-state index contributed by atoms with van der Waals surface area (Å²) < 4.78 is 51.4. The van der Waals surface area contributed by atoms with Crippen molar-refractivity contribution in [3.8, 4) is 11.8 Å². The van der Waals surface area contributed by atoms with Gasteiger partial charge >= 0.3 is 0 Å². The first-order valence-corrected chi connectivity index (χ1v) is 10.6. The van der Waals surface area contributed by atoms with E-state index in [4.69, 9.17) is 21.6 Å². The van der Waals surface area contributed by atoms with Crippen molar-refractivity contribution >= 4 is 32.7 Å². The predicted octanol–water partition coefficient (Wildman–Crippen LogP) is 1.06. The van der Waals surface area contributed by atoms with Gasteiger partial charge in [0.15, 0.2) is 11.0 Å². The number of ether oxygens (including phenoxy) is 1. The van der Waals surface area contributed by atoms with Crippen LogP contribution in [0.3, 0.4) is 0 Å². The minimum absolute atomic E-state index is 0.0396. The number of nitrogens with zero attached hydrogens (tertiary/aromatic N) is 4. The van der Waals surface area contributed by atoms with Gasteiger partial charge in [0.1, 0.15) is 34.2 Å². The van der Waals surface area contributed by atoms with E-state index in [2.05, 4.69) is 14.9 Å². The maximum absolute atomic E-state index is 13.9. The SMILES string of the molecule is N#Cc1ccc(O[C@H]2CN(S(=O)(=O)c3ccc(Cl)c4nonc34)C[C@@]2(O)CO)cc1F. The highest BCUT2D eigenvalue weighted by Gasteiger charge is 2.51. The summed E-state index contributed by atoms with van der Waals surface area (Å²) >= 11 is 5.98. The van der Waals surface area contributed by atoms with Crippen molar-refractivity contribution in [2.75, 3.05) is 19.7 Å². The van der Waals surface area contributed by atoms with Gasteiger partial charge in [-0.25, -0.2) is 17.4 Å². The highest BCUT2D eigenvalue weighted by atomic mass is 35.5. The number of benzene rings is 2. The second-order valence-corrected chi connectivity index (χ2v) is 9.24. The summed E-state index contributed by atoms with van der Waals surface area (Å²) in [6.45, 7) is -1.66. The number of aliphatic hydroxyl groups excluding tert-OH is 1. The molecule has 10 nitrogen and oxygen atoms in total. The van der Waals surface area contributed by atoms with Gasteiger partial charge in [-0.2, -0.15) is 9.57 Å². The second kappa shape index (κ2) is 7.70. The van der Waals surface area contributed by atoms with Gasteiger partial charge in [-0.05, 0) is 34.6 Å². The van der Waals surface area contributed by atoms with Gasteiger partial charge in [-0.15, -0.1) is 0 Å². The van der Waals surface area contributed by atoms with Crippen molar-refractivity contribution < 1.29 is 32.4 Å². The zero-order chi connectivity index (χ0) is 22.4. The summed E-state index contributed by atoms with van der Waals surface area (Å²) in [6, 6.07) is 7.66. The minimum Gasteiger partial charge on any atom is -0.486 e. The Balaban J connectivity index is 1.66. The molecule has 2 atom stereocenters. The normalized spacial score (nSPS) is 22.0. The number of nitriles is 1. The molecule has 13 heteroatoms. The summed E-state index contributed by atoms with van der Waals surface area (Å²) in [5.74, 6) is -0.876. The van der Waals surface area contributed by atoms with Crippen LogP contribution < -0.4 is 4.74 Å². The predicted molar refractivity (Wildman–Crippen MR) is 103 cm³/mol. The van der Waals surface area contributed by atoms with Crippen molar-refractivity contribution in [3.63, 3.8) is 0 Å². The number of aromatic nitrogens is 2. The molecule has 1 aromatic heterocycles. The number of hydrogen-bond donors (Lipinski definition) is 2. The number of rotatable bonds is 5. The molecule has 0 saturated carbocycles. The molecule has 0 aliphatic carbocycles. The Morgan fingerprint density at radius 1 is 1.35 bits per heavy atom. The zero-order valence-electron chi connectivity index (χ0n) is 15.6. The molecule has 4 rings (SSSR count). The van der Waals surface area contributed by atoms with Crippen LogP contribution in [-0.4, -0.2) is 64.7 Å². The Kier molecular flexibility index (Phi) is 5.32. The van der Waals surface area contributed by atoms with Crippen LogP contribution in [0.2, 0.25) is 5.02 Å². The Morgan fingerprint density at radius 3 is 2.77 bits per heavy atom. The summed E-state index contributed by atoms with van der Waals surface area (Å²) in [7, 11) is -4.23. The van der Waals surface area contributed by atoms with Crippen LogP contribution in [0.5, 0.6) is 5.75 Å². The topological polar surface area (TPSA) is 150 Å². The monoisotopic (exact) mass is 468 g/mol. The standard InChI is InChI=1S/C18H14ClFN4O6S/c19-12-3-4-14(17-16(12)22-30-23-17)31(27,28)24-7-15(18(26,8-24)9-25)29-11-2-1-10(6-21)13(20)5-11/h1-5,15,25-26H,7-9H2/t15-,18+/m0/s1. The van der Waals surface area contributed by atoms with Gasteiger partial charge in [0, 0.05) is 12.6 Å². The molecular weight excluding hydrogens is 455 g/mol. The molecule has 2 aromatic carbocycles. The van der Waals surface area contributed by atoms with Gasteiger partial charge in [0.2, 0.25) is 10.0 Å². The molecule has 0 unspecified atom stereocenters. The molecule has 1 saturated heterocycles. The third kappa shape index (κ3) is 3.60. The van der Waals surface area contributed by atoms with Crippen LogP contribution in [0.4, 0.5) is 4.39 Å². The van der Waals surface area contributed by atoms with E-state index >= 15 is 0 Å². The van der Waals surface area contributed by atoms with Gasteiger partial charge in [-0.1, -0.05) is 11.6 Å². The molecule has 0 spiro atoms. The molecule has 0 bridgehead atoms. The summed E-state index contributed by atoms with van der Waals surface area (Å²) in [6.07, 6.45) is -1.22. The van der Waals surface area contributed by atoms with Crippen LogP contribution in [-0.2, 0) is 10.0 Å². The molecule has 2 N–H and O–H groups in total. The van der Waals surface area contributed by atoms with Crippen molar-refractivity contribution in [1.29, 1.82) is 5.26 Å². The van der Waals surface area contributed by atoms with E-state index in [0.29, 0.717) is 0 Å². The molecular formula is C18H14ClFN4O6S. The maximum Gasteiger partial charge on any atom is 0.245 e. The molecule has 162 valence electrons. The van der Waals surface area contributed by atoms with Crippen molar-refractivity contribution in [1.82, 2.24) is 14.6 Å². The van der Waals surface area contributed by atoms with Crippen LogP contribution in [0, 0.1) is 17.1 Å². The van der Waals surface area contributed by atoms with Gasteiger partial charge in [0.25, 0.3) is 0 Å². The Hall–Kier alpha value is -2.82. The number of aliphatic hydroxyl groups is 2. The summed E-state index contributed by atoms with van der Waals surface area (Å²) in [5.41, 5.74) is -2.20. The molecule has 0 radical (unpaired) electrons. The van der Waals surface area contributed by atoms with E-state index in [0.717, 1.165) is 10.4 Å². The first-order valence-electron chi connectivity index (χ1n) is 8.80. The lowest BCUT2D eigenvalue weighted by molar-refractivity contribution is -0.0641. The lowest BCUT2D eigenvalue weighted by atomic mass is 10.0. The average molecular weight is 469 g/mol.